The van der Waals surface area contributed by atoms with Crippen LogP contribution in [-0.4, -0.2) is 63.9 Å². The van der Waals surface area contributed by atoms with Crippen LogP contribution in [0.3, 0.4) is 0 Å². The number of likely N-dealkylation sites (tertiary alicyclic amines) is 2. The van der Waals surface area contributed by atoms with Crippen LogP contribution in [0.15, 0.2) is 60.7 Å². The molecule has 3 atom stereocenters. The number of aliphatic hydroxyl groups is 2. The molecule has 0 aromatic heterocycles. The average molecular weight is 439 g/mol. The maximum Gasteiger partial charge on any atom is 0.223 e. The van der Waals surface area contributed by atoms with E-state index in [-0.39, 0.29) is 30.3 Å². The number of benzene rings is 2. The largest absolute Gasteiger partial charge is 0.394 e. The van der Waals surface area contributed by atoms with Crippen molar-refractivity contribution >= 4 is 18.1 Å². The van der Waals surface area contributed by atoms with E-state index in [4.69, 9.17) is 5.11 Å². The summed E-state index contributed by atoms with van der Waals surface area (Å²) in [6.45, 7) is 2.00. The van der Waals surface area contributed by atoms with Gasteiger partial charge in [-0.15, -0.1) is 0 Å². The van der Waals surface area contributed by atoms with E-state index in [1.165, 1.54) is 0 Å². The maximum absolute atomic E-state index is 11.7. The van der Waals surface area contributed by atoms with Gasteiger partial charge in [-0.1, -0.05) is 60.7 Å². The molecule has 0 radical (unpaired) electrons. The zero-order chi connectivity index (χ0) is 22.9. The van der Waals surface area contributed by atoms with Crippen LogP contribution in [-0.2, 0) is 27.5 Å². The summed E-state index contributed by atoms with van der Waals surface area (Å²) in [7, 11) is 0. The van der Waals surface area contributed by atoms with Crippen molar-refractivity contribution in [3.05, 3.63) is 71.8 Å². The van der Waals surface area contributed by atoms with Crippen LogP contribution in [0.25, 0.3) is 0 Å². The van der Waals surface area contributed by atoms with Gasteiger partial charge in [0.25, 0.3) is 0 Å². The Morgan fingerprint density at radius 2 is 1.34 bits per heavy atom. The van der Waals surface area contributed by atoms with Crippen LogP contribution >= 0.6 is 0 Å². The van der Waals surface area contributed by atoms with E-state index >= 15 is 0 Å². The van der Waals surface area contributed by atoms with E-state index in [1.807, 2.05) is 60.7 Å². The van der Waals surface area contributed by atoms with Crippen LogP contribution in [0.5, 0.6) is 0 Å². The van der Waals surface area contributed by atoms with Crippen molar-refractivity contribution < 1.29 is 24.6 Å². The lowest BCUT2D eigenvalue weighted by atomic mass is 10.0. The number of aldehydes is 1. The third-order valence-corrected chi connectivity index (χ3v) is 5.85. The minimum atomic E-state index is -0.792. The number of hydrogen-bond acceptors (Lipinski definition) is 5. The van der Waals surface area contributed by atoms with Gasteiger partial charge in [0.05, 0.1) is 12.7 Å². The molecule has 0 saturated carbocycles. The van der Waals surface area contributed by atoms with E-state index < -0.39 is 6.10 Å². The van der Waals surface area contributed by atoms with E-state index in [0.717, 1.165) is 17.4 Å². The molecular formula is C25H30N2O5. The topological polar surface area (TPSA) is 98.1 Å². The lowest BCUT2D eigenvalue weighted by Crippen LogP contribution is -2.28. The van der Waals surface area contributed by atoms with Crippen molar-refractivity contribution in [3.8, 4) is 0 Å². The Morgan fingerprint density at radius 3 is 1.81 bits per heavy atom. The van der Waals surface area contributed by atoms with Gasteiger partial charge in [-0.25, -0.2) is 0 Å². The first-order chi connectivity index (χ1) is 15.5. The molecule has 0 spiro atoms. The SMILES string of the molecule is O=C1C[C@H]([C@H](O)CO)CN1Cc1ccccc1.O=C[C@H]1CC(=O)N(Cc2ccccc2)C1. The second-order valence-electron chi connectivity index (χ2n) is 8.33. The Labute approximate surface area is 188 Å². The van der Waals surface area contributed by atoms with Crippen molar-refractivity contribution in [2.45, 2.75) is 32.0 Å². The van der Waals surface area contributed by atoms with Gasteiger partial charge in [0, 0.05) is 50.9 Å². The Hall–Kier alpha value is -3.03. The van der Waals surface area contributed by atoms with Gasteiger partial charge in [-0.05, 0) is 11.1 Å². The molecule has 170 valence electrons. The second-order valence-corrected chi connectivity index (χ2v) is 8.33. The van der Waals surface area contributed by atoms with Gasteiger partial charge < -0.3 is 24.8 Å². The van der Waals surface area contributed by atoms with Crippen LogP contribution in [0.1, 0.15) is 24.0 Å². The molecular weight excluding hydrogens is 408 g/mol. The van der Waals surface area contributed by atoms with Crippen LogP contribution in [0.2, 0.25) is 0 Å². The predicted octanol–water partition coefficient (Wildman–Crippen LogP) is 1.62. The summed E-state index contributed by atoms with van der Waals surface area (Å²) in [6, 6.07) is 19.6. The fraction of sp³-hybridized carbons (Fsp3) is 0.400. The predicted molar refractivity (Wildman–Crippen MR) is 119 cm³/mol. The molecule has 0 unspecified atom stereocenters. The van der Waals surface area contributed by atoms with E-state index in [2.05, 4.69) is 0 Å². The zero-order valence-electron chi connectivity index (χ0n) is 18.0. The normalized spacial score (nSPS) is 21.3. The van der Waals surface area contributed by atoms with Crippen molar-refractivity contribution in [1.82, 2.24) is 9.80 Å². The Balaban J connectivity index is 0.000000182. The average Bonchev–Trinajstić information content (AvgIpc) is 3.37. The number of nitrogens with zero attached hydrogens (tertiary/aromatic N) is 2. The van der Waals surface area contributed by atoms with Crippen LogP contribution in [0, 0.1) is 11.8 Å². The van der Waals surface area contributed by atoms with Crippen molar-refractivity contribution in [2.24, 2.45) is 11.8 Å². The molecule has 2 saturated heterocycles. The van der Waals surface area contributed by atoms with Gasteiger partial charge in [0.15, 0.2) is 0 Å². The lowest BCUT2D eigenvalue weighted by molar-refractivity contribution is -0.129. The van der Waals surface area contributed by atoms with Crippen LogP contribution < -0.4 is 0 Å². The molecule has 7 heteroatoms. The number of carbonyl (C=O) groups excluding carboxylic acids is 3. The number of amides is 2. The lowest BCUT2D eigenvalue weighted by Gasteiger charge is -2.18. The summed E-state index contributed by atoms with van der Waals surface area (Å²) in [4.78, 5) is 37.3. The van der Waals surface area contributed by atoms with Crippen LogP contribution in [0.4, 0.5) is 0 Å². The molecule has 2 heterocycles. The molecule has 2 aromatic rings. The highest BCUT2D eigenvalue weighted by molar-refractivity contribution is 5.82. The quantitative estimate of drug-likeness (QED) is 0.641. The molecule has 2 aliphatic rings. The summed E-state index contributed by atoms with van der Waals surface area (Å²) in [6.07, 6.45) is 0.785. The highest BCUT2D eigenvalue weighted by Crippen LogP contribution is 2.23. The Kier molecular flexibility index (Phi) is 8.53. The first kappa shape index (κ1) is 23.6. The highest BCUT2D eigenvalue weighted by Gasteiger charge is 2.33. The first-order valence-electron chi connectivity index (χ1n) is 10.9. The molecule has 7 nitrogen and oxygen atoms in total. The van der Waals surface area contributed by atoms with Gasteiger partial charge in [-0.3, -0.25) is 9.59 Å². The minimum absolute atomic E-state index is 0.0475. The van der Waals surface area contributed by atoms with Gasteiger partial charge in [0.2, 0.25) is 11.8 Å². The molecule has 2 N–H and O–H groups in total. The Morgan fingerprint density at radius 1 is 0.844 bits per heavy atom. The van der Waals surface area contributed by atoms with Gasteiger partial charge >= 0.3 is 0 Å². The van der Waals surface area contributed by atoms with E-state index in [9.17, 15) is 19.5 Å². The minimum Gasteiger partial charge on any atom is -0.394 e. The number of hydrogen-bond donors (Lipinski definition) is 2. The van der Waals surface area contributed by atoms with Crippen molar-refractivity contribution in [1.29, 1.82) is 0 Å². The summed E-state index contributed by atoms with van der Waals surface area (Å²) >= 11 is 0. The molecule has 4 rings (SSSR count). The number of carbonyl (C=O) groups is 3. The number of aliphatic hydroxyl groups excluding tert-OH is 2. The maximum atomic E-state index is 11.7. The van der Waals surface area contributed by atoms with E-state index in [0.29, 0.717) is 39.0 Å². The molecule has 0 aliphatic carbocycles. The molecule has 2 fully saturated rings. The summed E-state index contributed by atoms with van der Waals surface area (Å²) in [5.74, 6) is -0.125. The van der Waals surface area contributed by atoms with Crippen molar-refractivity contribution in [2.75, 3.05) is 19.7 Å². The Bertz CT molecular complexity index is 890. The molecule has 2 aliphatic heterocycles. The third kappa shape index (κ3) is 6.48. The highest BCUT2D eigenvalue weighted by atomic mass is 16.3. The molecule has 0 bridgehead atoms. The van der Waals surface area contributed by atoms with Gasteiger partial charge in [0.1, 0.15) is 6.29 Å². The fourth-order valence-corrected chi connectivity index (χ4v) is 4.02. The second kappa shape index (κ2) is 11.5. The zero-order valence-corrected chi connectivity index (χ0v) is 18.0. The third-order valence-electron chi connectivity index (χ3n) is 5.85. The number of rotatable bonds is 7. The van der Waals surface area contributed by atoms with Gasteiger partial charge in [-0.2, -0.15) is 0 Å². The summed E-state index contributed by atoms with van der Waals surface area (Å²) < 4.78 is 0. The standard InChI is InChI=1S/C13H17NO3.C12H13NO2/c15-9-12(16)11-6-13(17)14(8-11)7-10-4-2-1-3-5-10;14-9-11-6-12(15)13(8-11)7-10-4-2-1-3-5-10/h1-5,11-12,15-16H,6-9H2;1-5,9,11H,6-8H2/t11-,12+;11-/m00/s1. The van der Waals surface area contributed by atoms with Crippen molar-refractivity contribution in [3.63, 3.8) is 0 Å². The fourth-order valence-electron chi connectivity index (χ4n) is 4.02. The molecule has 32 heavy (non-hydrogen) atoms. The summed E-state index contributed by atoms with van der Waals surface area (Å²) in [5, 5.41) is 18.4. The van der Waals surface area contributed by atoms with E-state index in [1.54, 1.807) is 9.80 Å². The first-order valence-corrected chi connectivity index (χ1v) is 10.9. The smallest absolute Gasteiger partial charge is 0.223 e. The molecule has 2 amide bonds. The monoisotopic (exact) mass is 438 g/mol. The molecule has 2 aromatic carbocycles. The summed E-state index contributed by atoms with van der Waals surface area (Å²) in [5.41, 5.74) is 2.19.